The van der Waals surface area contributed by atoms with Crippen molar-refractivity contribution in [1.82, 2.24) is 4.98 Å². The zero-order chi connectivity index (χ0) is 17.1. The first kappa shape index (κ1) is 15.4. The molecule has 2 aromatic heterocycles. The van der Waals surface area contributed by atoms with Crippen molar-refractivity contribution in [3.63, 3.8) is 0 Å². The van der Waals surface area contributed by atoms with E-state index in [1.165, 1.54) is 12.5 Å². The van der Waals surface area contributed by atoms with Crippen molar-refractivity contribution in [2.75, 3.05) is 5.32 Å². The SMILES string of the molecule is O=C(Nc1cccc(-c2csc(-c3ccccc3)n2)c1)c1ccoc1. The Labute approximate surface area is 148 Å². The minimum Gasteiger partial charge on any atom is -0.472 e. The van der Waals surface area contributed by atoms with Crippen LogP contribution in [0.25, 0.3) is 21.8 Å². The van der Waals surface area contributed by atoms with E-state index < -0.39 is 0 Å². The van der Waals surface area contributed by atoms with E-state index in [1.54, 1.807) is 17.4 Å². The number of carbonyl (C=O) groups is 1. The molecule has 2 aromatic carbocycles. The lowest BCUT2D eigenvalue weighted by molar-refractivity contribution is 0.102. The van der Waals surface area contributed by atoms with Crippen molar-refractivity contribution >= 4 is 22.9 Å². The molecule has 4 aromatic rings. The molecule has 4 nitrogen and oxygen atoms in total. The quantitative estimate of drug-likeness (QED) is 0.544. The highest BCUT2D eigenvalue weighted by atomic mass is 32.1. The highest BCUT2D eigenvalue weighted by molar-refractivity contribution is 7.13. The molecule has 0 fully saturated rings. The van der Waals surface area contributed by atoms with Gasteiger partial charge >= 0.3 is 0 Å². The van der Waals surface area contributed by atoms with Crippen molar-refractivity contribution in [3.8, 4) is 21.8 Å². The number of nitrogens with zero attached hydrogens (tertiary/aromatic N) is 1. The Kier molecular flexibility index (Phi) is 4.14. The molecule has 1 N–H and O–H groups in total. The first-order valence-corrected chi connectivity index (χ1v) is 8.62. The maximum Gasteiger partial charge on any atom is 0.258 e. The minimum atomic E-state index is -0.200. The molecule has 0 atom stereocenters. The summed E-state index contributed by atoms with van der Waals surface area (Å²) in [7, 11) is 0. The van der Waals surface area contributed by atoms with Gasteiger partial charge in [-0.2, -0.15) is 0 Å². The maximum atomic E-state index is 12.1. The minimum absolute atomic E-state index is 0.200. The molecule has 0 aliphatic heterocycles. The van der Waals surface area contributed by atoms with Crippen LogP contribution in [0.3, 0.4) is 0 Å². The van der Waals surface area contributed by atoms with Gasteiger partial charge in [0.15, 0.2) is 0 Å². The molecule has 122 valence electrons. The van der Waals surface area contributed by atoms with Crippen molar-refractivity contribution < 1.29 is 9.21 Å². The summed E-state index contributed by atoms with van der Waals surface area (Å²) in [6, 6.07) is 19.4. The lowest BCUT2D eigenvalue weighted by Gasteiger charge is -2.05. The fraction of sp³-hybridized carbons (Fsp3) is 0. The summed E-state index contributed by atoms with van der Waals surface area (Å²) in [5.41, 5.74) is 4.17. The Hall–Kier alpha value is -3.18. The first-order valence-electron chi connectivity index (χ1n) is 7.74. The second-order valence-electron chi connectivity index (χ2n) is 5.45. The summed E-state index contributed by atoms with van der Waals surface area (Å²) in [5, 5.41) is 5.87. The fourth-order valence-electron chi connectivity index (χ4n) is 2.47. The first-order chi connectivity index (χ1) is 12.3. The number of nitrogens with one attached hydrogen (secondary N) is 1. The monoisotopic (exact) mass is 346 g/mol. The molecule has 5 heteroatoms. The predicted octanol–water partition coefficient (Wildman–Crippen LogP) is 5.32. The standard InChI is InChI=1S/C20H14N2O2S/c23-19(16-9-10-24-12-16)21-17-8-4-7-15(11-17)18-13-25-20(22-18)14-5-2-1-3-6-14/h1-13H,(H,21,23). The van der Waals surface area contributed by atoms with Crippen LogP contribution >= 0.6 is 11.3 Å². The Morgan fingerprint density at radius 2 is 1.84 bits per heavy atom. The van der Waals surface area contributed by atoms with E-state index >= 15 is 0 Å². The third-order valence-electron chi connectivity index (χ3n) is 3.72. The van der Waals surface area contributed by atoms with Crippen LogP contribution in [0.5, 0.6) is 0 Å². The van der Waals surface area contributed by atoms with Gasteiger partial charge < -0.3 is 9.73 Å². The van der Waals surface area contributed by atoms with Crippen LogP contribution in [-0.4, -0.2) is 10.9 Å². The predicted molar refractivity (Wildman–Crippen MR) is 99.6 cm³/mol. The average Bonchev–Trinajstić information content (AvgIpc) is 3.35. The van der Waals surface area contributed by atoms with Crippen molar-refractivity contribution in [1.29, 1.82) is 0 Å². The number of thiazole rings is 1. The third kappa shape index (κ3) is 3.36. The number of hydrogen-bond donors (Lipinski definition) is 1. The molecule has 0 saturated carbocycles. The number of furan rings is 1. The zero-order valence-electron chi connectivity index (χ0n) is 13.2. The summed E-state index contributed by atoms with van der Waals surface area (Å²) >= 11 is 1.60. The summed E-state index contributed by atoms with van der Waals surface area (Å²) in [5.74, 6) is -0.200. The van der Waals surface area contributed by atoms with Gasteiger partial charge in [0.05, 0.1) is 17.5 Å². The zero-order valence-corrected chi connectivity index (χ0v) is 14.0. The maximum absolute atomic E-state index is 12.1. The van der Waals surface area contributed by atoms with Crippen LogP contribution in [0, 0.1) is 0 Å². The number of benzene rings is 2. The molecule has 0 unspecified atom stereocenters. The van der Waals surface area contributed by atoms with E-state index in [9.17, 15) is 4.79 Å². The number of hydrogen-bond acceptors (Lipinski definition) is 4. The van der Waals surface area contributed by atoms with Gasteiger partial charge in [-0.15, -0.1) is 11.3 Å². The molecular formula is C20H14N2O2S. The Bertz CT molecular complexity index is 991. The molecule has 1 amide bonds. The number of aromatic nitrogens is 1. The smallest absolute Gasteiger partial charge is 0.258 e. The van der Waals surface area contributed by atoms with E-state index in [-0.39, 0.29) is 5.91 Å². The molecule has 0 bridgehead atoms. The number of carbonyl (C=O) groups excluding carboxylic acids is 1. The number of anilines is 1. The highest BCUT2D eigenvalue weighted by Gasteiger charge is 2.10. The Balaban J connectivity index is 1.58. The van der Waals surface area contributed by atoms with Crippen LogP contribution in [0.2, 0.25) is 0 Å². The molecule has 0 spiro atoms. The van der Waals surface area contributed by atoms with Crippen LogP contribution in [-0.2, 0) is 0 Å². The second-order valence-corrected chi connectivity index (χ2v) is 6.31. The van der Waals surface area contributed by atoms with E-state index in [2.05, 4.69) is 5.32 Å². The molecular weight excluding hydrogens is 332 g/mol. The largest absolute Gasteiger partial charge is 0.472 e. The number of rotatable bonds is 4. The summed E-state index contributed by atoms with van der Waals surface area (Å²) in [6.07, 6.45) is 2.90. The topological polar surface area (TPSA) is 55.1 Å². The Morgan fingerprint density at radius 1 is 1.00 bits per heavy atom. The molecule has 0 radical (unpaired) electrons. The van der Waals surface area contributed by atoms with Crippen LogP contribution < -0.4 is 5.32 Å². The van der Waals surface area contributed by atoms with E-state index in [0.29, 0.717) is 5.56 Å². The van der Waals surface area contributed by atoms with Gasteiger partial charge in [-0.25, -0.2) is 4.98 Å². The van der Waals surface area contributed by atoms with Crippen molar-refractivity contribution in [3.05, 3.63) is 84.1 Å². The van der Waals surface area contributed by atoms with E-state index in [1.807, 2.05) is 60.0 Å². The highest BCUT2D eigenvalue weighted by Crippen LogP contribution is 2.29. The lowest BCUT2D eigenvalue weighted by Crippen LogP contribution is -2.10. The summed E-state index contributed by atoms with van der Waals surface area (Å²) in [6.45, 7) is 0. The average molecular weight is 346 g/mol. The molecule has 25 heavy (non-hydrogen) atoms. The second kappa shape index (κ2) is 6.75. The van der Waals surface area contributed by atoms with Crippen LogP contribution in [0.1, 0.15) is 10.4 Å². The summed E-state index contributed by atoms with van der Waals surface area (Å²) < 4.78 is 4.94. The summed E-state index contributed by atoms with van der Waals surface area (Å²) in [4.78, 5) is 16.8. The van der Waals surface area contributed by atoms with Gasteiger partial charge in [0.25, 0.3) is 5.91 Å². The van der Waals surface area contributed by atoms with Gasteiger partial charge in [0.1, 0.15) is 11.3 Å². The fourth-order valence-corrected chi connectivity index (χ4v) is 3.31. The molecule has 4 rings (SSSR count). The van der Waals surface area contributed by atoms with Gasteiger partial charge in [-0.1, -0.05) is 42.5 Å². The van der Waals surface area contributed by atoms with Crippen LogP contribution in [0.4, 0.5) is 5.69 Å². The number of amides is 1. The van der Waals surface area contributed by atoms with E-state index in [0.717, 1.165) is 27.5 Å². The van der Waals surface area contributed by atoms with Gasteiger partial charge in [-0.3, -0.25) is 4.79 Å². The van der Waals surface area contributed by atoms with Crippen molar-refractivity contribution in [2.45, 2.75) is 0 Å². The normalized spacial score (nSPS) is 10.6. The van der Waals surface area contributed by atoms with Crippen molar-refractivity contribution in [2.24, 2.45) is 0 Å². The molecule has 2 heterocycles. The molecule has 0 saturated heterocycles. The lowest BCUT2D eigenvalue weighted by atomic mass is 10.1. The van der Waals surface area contributed by atoms with Crippen LogP contribution in [0.15, 0.2) is 83.0 Å². The Morgan fingerprint density at radius 3 is 2.64 bits per heavy atom. The molecule has 0 aliphatic rings. The van der Waals surface area contributed by atoms with Gasteiger partial charge in [-0.05, 0) is 18.2 Å². The van der Waals surface area contributed by atoms with Gasteiger partial charge in [0, 0.05) is 22.2 Å². The van der Waals surface area contributed by atoms with Gasteiger partial charge in [0.2, 0.25) is 0 Å². The third-order valence-corrected chi connectivity index (χ3v) is 4.62. The molecule has 0 aliphatic carbocycles. The van der Waals surface area contributed by atoms with E-state index in [4.69, 9.17) is 9.40 Å².